The summed E-state index contributed by atoms with van der Waals surface area (Å²) in [6.45, 7) is 6.09. The van der Waals surface area contributed by atoms with Crippen molar-refractivity contribution in [1.82, 2.24) is 30.5 Å². The highest BCUT2D eigenvalue weighted by Gasteiger charge is 2.23. The smallest absolute Gasteiger partial charge is 0.320 e. The van der Waals surface area contributed by atoms with Gasteiger partial charge in [0.25, 0.3) is 0 Å². The van der Waals surface area contributed by atoms with Crippen LogP contribution < -0.4 is 10.6 Å². The van der Waals surface area contributed by atoms with Gasteiger partial charge in [0.1, 0.15) is 6.54 Å². The van der Waals surface area contributed by atoms with Crippen molar-refractivity contribution >= 4 is 11.8 Å². The second kappa shape index (κ2) is 6.98. The number of nitrogens with zero attached hydrogens (tertiary/aromatic N) is 5. The lowest BCUT2D eigenvalue weighted by molar-refractivity contribution is 0.232. The van der Waals surface area contributed by atoms with Crippen LogP contribution in [0.1, 0.15) is 50.0 Å². The number of rotatable bonds is 4. The molecule has 2 atom stereocenters. The van der Waals surface area contributed by atoms with Crippen LogP contribution in [-0.4, -0.2) is 37.2 Å². The number of hydrogen-bond acceptors (Lipinski definition) is 6. The number of aromatic nitrogens is 5. The van der Waals surface area contributed by atoms with E-state index in [1.165, 1.54) is 6.42 Å². The van der Waals surface area contributed by atoms with E-state index in [0.29, 0.717) is 30.0 Å². The Morgan fingerprint density at radius 3 is 2.83 bits per heavy atom. The number of urea groups is 1. The molecule has 0 aromatic carbocycles. The van der Waals surface area contributed by atoms with Gasteiger partial charge in [-0.3, -0.25) is 5.32 Å². The summed E-state index contributed by atoms with van der Waals surface area (Å²) in [5.41, 5.74) is 0.740. The Bertz CT molecular complexity index is 708. The quantitative estimate of drug-likeness (QED) is 0.885. The van der Waals surface area contributed by atoms with Gasteiger partial charge in [0.2, 0.25) is 5.89 Å². The van der Waals surface area contributed by atoms with Gasteiger partial charge in [-0.2, -0.15) is 4.98 Å². The zero-order valence-corrected chi connectivity index (χ0v) is 14.2. The van der Waals surface area contributed by atoms with Crippen LogP contribution in [0.4, 0.5) is 10.6 Å². The van der Waals surface area contributed by atoms with Crippen LogP contribution in [0.15, 0.2) is 4.52 Å². The maximum absolute atomic E-state index is 12.2. The summed E-state index contributed by atoms with van der Waals surface area (Å²) in [7, 11) is 0. The lowest BCUT2D eigenvalue weighted by atomic mass is 9.86. The molecule has 3 rings (SSSR count). The molecule has 0 saturated heterocycles. The number of amides is 2. The van der Waals surface area contributed by atoms with Crippen molar-refractivity contribution in [2.75, 3.05) is 5.32 Å². The van der Waals surface area contributed by atoms with Crippen LogP contribution in [0.2, 0.25) is 0 Å². The van der Waals surface area contributed by atoms with E-state index in [-0.39, 0.29) is 12.1 Å². The van der Waals surface area contributed by atoms with Gasteiger partial charge in [-0.1, -0.05) is 30.1 Å². The first-order valence-corrected chi connectivity index (χ1v) is 8.29. The van der Waals surface area contributed by atoms with Gasteiger partial charge in [-0.25, -0.2) is 9.48 Å². The highest BCUT2D eigenvalue weighted by Crippen LogP contribution is 2.23. The Hall–Kier alpha value is -2.45. The Kier molecular flexibility index (Phi) is 4.77. The molecule has 2 aromatic heterocycles. The van der Waals surface area contributed by atoms with Crippen molar-refractivity contribution in [3.63, 3.8) is 0 Å². The van der Waals surface area contributed by atoms with Crippen LogP contribution in [-0.2, 0) is 6.54 Å². The van der Waals surface area contributed by atoms with E-state index in [1.807, 2.05) is 6.92 Å². The van der Waals surface area contributed by atoms with Crippen molar-refractivity contribution in [2.45, 2.75) is 59.0 Å². The third-order valence-electron chi connectivity index (χ3n) is 4.50. The van der Waals surface area contributed by atoms with Crippen molar-refractivity contribution in [3.05, 3.63) is 17.4 Å². The fourth-order valence-corrected chi connectivity index (χ4v) is 3.01. The molecule has 2 amide bonds. The van der Waals surface area contributed by atoms with E-state index in [2.05, 4.69) is 38.0 Å². The van der Waals surface area contributed by atoms with Crippen LogP contribution in [0.5, 0.6) is 0 Å². The van der Waals surface area contributed by atoms with Gasteiger partial charge in [0, 0.05) is 13.0 Å². The Balaban J connectivity index is 1.60. The van der Waals surface area contributed by atoms with Crippen molar-refractivity contribution in [1.29, 1.82) is 0 Å². The Labute approximate surface area is 140 Å². The van der Waals surface area contributed by atoms with E-state index in [1.54, 1.807) is 11.6 Å². The molecule has 1 fully saturated rings. The molecule has 0 unspecified atom stereocenters. The molecular formula is C15H23N7O2. The van der Waals surface area contributed by atoms with E-state index in [4.69, 9.17) is 4.52 Å². The van der Waals surface area contributed by atoms with E-state index in [0.717, 1.165) is 25.0 Å². The molecule has 0 radical (unpaired) electrons. The lowest BCUT2D eigenvalue weighted by Crippen LogP contribution is -2.43. The fraction of sp³-hybridized carbons (Fsp3) is 0.667. The van der Waals surface area contributed by atoms with Gasteiger partial charge < -0.3 is 9.84 Å². The third kappa shape index (κ3) is 3.72. The third-order valence-corrected chi connectivity index (χ3v) is 4.50. The minimum atomic E-state index is -0.237. The number of hydrogen-bond donors (Lipinski definition) is 2. The fourth-order valence-electron chi connectivity index (χ4n) is 3.01. The molecule has 0 spiro atoms. The first kappa shape index (κ1) is 16.4. The van der Waals surface area contributed by atoms with E-state index >= 15 is 0 Å². The summed E-state index contributed by atoms with van der Waals surface area (Å²) in [5, 5.41) is 17.7. The summed E-state index contributed by atoms with van der Waals surface area (Å²) in [4.78, 5) is 16.3. The molecule has 0 bridgehead atoms. The van der Waals surface area contributed by atoms with Crippen molar-refractivity contribution < 1.29 is 9.32 Å². The molecule has 1 aliphatic rings. The monoisotopic (exact) mass is 333 g/mol. The summed E-state index contributed by atoms with van der Waals surface area (Å²) >= 11 is 0. The number of carbonyl (C=O) groups excluding carboxylic acids is 1. The molecule has 0 aliphatic heterocycles. The van der Waals surface area contributed by atoms with Gasteiger partial charge in [-0.15, -0.1) is 5.10 Å². The van der Waals surface area contributed by atoms with Crippen LogP contribution in [0.25, 0.3) is 0 Å². The Morgan fingerprint density at radius 2 is 2.12 bits per heavy atom. The average molecular weight is 333 g/mol. The van der Waals surface area contributed by atoms with Crippen molar-refractivity contribution in [3.8, 4) is 0 Å². The van der Waals surface area contributed by atoms with Gasteiger partial charge in [0.15, 0.2) is 11.6 Å². The summed E-state index contributed by atoms with van der Waals surface area (Å²) < 4.78 is 6.57. The van der Waals surface area contributed by atoms with Gasteiger partial charge in [-0.05, 0) is 25.7 Å². The summed E-state index contributed by atoms with van der Waals surface area (Å²) in [6.07, 6.45) is 4.58. The lowest BCUT2D eigenvalue weighted by Gasteiger charge is -2.29. The van der Waals surface area contributed by atoms with Crippen molar-refractivity contribution in [2.24, 2.45) is 5.92 Å². The predicted octanol–water partition coefficient (Wildman–Crippen LogP) is 2.03. The molecule has 9 nitrogen and oxygen atoms in total. The molecule has 2 aromatic rings. The first-order valence-electron chi connectivity index (χ1n) is 8.29. The molecule has 9 heteroatoms. The van der Waals surface area contributed by atoms with Crippen LogP contribution >= 0.6 is 0 Å². The molecule has 2 N–H and O–H groups in total. The molecule has 2 heterocycles. The second-order valence-electron chi connectivity index (χ2n) is 6.38. The summed E-state index contributed by atoms with van der Waals surface area (Å²) in [6, 6.07) is -0.0179. The molecule has 24 heavy (non-hydrogen) atoms. The van der Waals surface area contributed by atoms with E-state index in [9.17, 15) is 4.79 Å². The molecule has 1 saturated carbocycles. The average Bonchev–Trinajstić information content (AvgIpc) is 3.10. The first-order chi connectivity index (χ1) is 11.5. The van der Waals surface area contributed by atoms with E-state index < -0.39 is 0 Å². The van der Waals surface area contributed by atoms with Gasteiger partial charge in [0.05, 0.1) is 5.69 Å². The standard InChI is InChI=1S/C15H23N7O2/c1-9-6-4-5-7-12(9)17-15(23)18-14-10(2)22(21-19-14)8-13-16-11(3)24-20-13/h9,12H,4-8H2,1-3H3,(H2,17,18,23)/t9-,12+/m1/s1. The number of anilines is 1. The topological polar surface area (TPSA) is 111 Å². The number of nitrogens with one attached hydrogen (secondary N) is 2. The highest BCUT2D eigenvalue weighted by atomic mass is 16.5. The SMILES string of the molecule is Cc1nc(Cn2nnc(NC(=O)N[C@H]3CCCC[C@H]3C)c2C)no1. The minimum Gasteiger partial charge on any atom is -0.340 e. The normalized spacial score (nSPS) is 20.8. The predicted molar refractivity (Wildman–Crippen MR) is 86.5 cm³/mol. The minimum absolute atomic E-state index is 0.219. The largest absolute Gasteiger partial charge is 0.340 e. The molecular weight excluding hydrogens is 310 g/mol. The van der Waals surface area contributed by atoms with Crippen LogP contribution in [0, 0.1) is 19.8 Å². The number of carbonyl (C=O) groups is 1. The van der Waals surface area contributed by atoms with Crippen LogP contribution in [0.3, 0.4) is 0 Å². The molecule has 1 aliphatic carbocycles. The van der Waals surface area contributed by atoms with Gasteiger partial charge >= 0.3 is 6.03 Å². The zero-order valence-electron chi connectivity index (χ0n) is 14.2. The second-order valence-corrected chi connectivity index (χ2v) is 6.38. The maximum Gasteiger partial charge on any atom is 0.320 e. The summed E-state index contributed by atoms with van der Waals surface area (Å²) in [5.74, 6) is 1.97. The Morgan fingerprint density at radius 1 is 1.33 bits per heavy atom. The molecule has 130 valence electrons. The number of aryl methyl sites for hydroxylation is 1. The highest BCUT2D eigenvalue weighted by molar-refractivity contribution is 5.88. The zero-order chi connectivity index (χ0) is 17.1. The maximum atomic E-state index is 12.2.